The Bertz CT molecular complexity index is 1510. The smallest absolute Gasteiger partial charge is 0.295 e. The molecule has 1 heterocycles. The number of nitrogens with one attached hydrogen (secondary N) is 4. The highest BCUT2D eigenvalue weighted by atomic mass is 32.2. The van der Waals surface area contributed by atoms with Crippen molar-refractivity contribution in [3.63, 3.8) is 0 Å². The van der Waals surface area contributed by atoms with Crippen molar-refractivity contribution in [1.29, 1.82) is 0 Å². The summed E-state index contributed by atoms with van der Waals surface area (Å²) >= 11 is 0. The van der Waals surface area contributed by atoms with Crippen LogP contribution in [0.1, 0.15) is 52.1 Å². The molecule has 0 aliphatic carbocycles. The normalized spacial score (nSPS) is 12.1. The maximum atomic E-state index is 12.5. The van der Waals surface area contributed by atoms with Crippen LogP contribution in [0.5, 0.6) is 0 Å². The molecule has 0 fully saturated rings. The van der Waals surface area contributed by atoms with Crippen LogP contribution < -0.4 is 27.3 Å². The number of amides is 3. The summed E-state index contributed by atoms with van der Waals surface area (Å²) in [6.07, 6.45) is 3.05. The van der Waals surface area contributed by atoms with Crippen molar-refractivity contribution < 1.29 is 27.4 Å². The topological polar surface area (TPSA) is 205 Å². The van der Waals surface area contributed by atoms with E-state index in [9.17, 15) is 27.4 Å². The average Bonchev–Trinajstić information content (AvgIpc) is 2.94. The standard InChI is InChI=1S/C27H31N7O6S/c1-17(2)13-22(28)27(37)34-33-26(36)19-9-7-18(8-10-19)14-30-25(35)21-11-12-24(29-15-21)32-31-16-20-5-3-4-6-23(20)41(38,39)40/h3-12,15-17,22H,13-14,28H2,1-2H3,(H,29,32)(H,30,35)(H,33,36)(H,34,37)(H,38,39,40)/t22-/m0/s1. The highest BCUT2D eigenvalue weighted by Gasteiger charge is 2.16. The zero-order valence-electron chi connectivity index (χ0n) is 22.4. The first-order valence-corrected chi connectivity index (χ1v) is 13.9. The lowest BCUT2D eigenvalue weighted by Crippen LogP contribution is -2.49. The number of hydrogen-bond acceptors (Lipinski definition) is 9. The van der Waals surface area contributed by atoms with Crippen molar-refractivity contribution in [2.24, 2.45) is 16.8 Å². The van der Waals surface area contributed by atoms with Gasteiger partial charge in [0.15, 0.2) is 0 Å². The summed E-state index contributed by atoms with van der Waals surface area (Å²) in [5.74, 6) is -0.812. The van der Waals surface area contributed by atoms with E-state index in [4.69, 9.17) is 5.73 Å². The Morgan fingerprint density at radius 3 is 2.29 bits per heavy atom. The number of nitrogens with two attached hydrogens (primary N) is 1. The first-order valence-electron chi connectivity index (χ1n) is 12.5. The fourth-order valence-electron chi connectivity index (χ4n) is 3.54. The van der Waals surface area contributed by atoms with Crippen LogP contribution in [0, 0.1) is 5.92 Å². The van der Waals surface area contributed by atoms with E-state index < -0.39 is 28.0 Å². The minimum Gasteiger partial charge on any atom is -0.348 e. The molecule has 3 rings (SSSR count). The van der Waals surface area contributed by atoms with Crippen LogP contribution in [0.2, 0.25) is 0 Å². The van der Waals surface area contributed by atoms with Crippen molar-refractivity contribution in [3.05, 3.63) is 89.1 Å². The van der Waals surface area contributed by atoms with Gasteiger partial charge in [-0.05, 0) is 48.2 Å². The molecule has 0 bridgehead atoms. The van der Waals surface area contributed by atoms with Crippen LogP contribution in [0.3, 0.4) is 0 Å². The summed E-state index contributed by atoms with van der Waals surface area (Å²) in [5.41, 5.74) is 14.6. The molecule has 216 valence electrons. The molecule has 0 unspecified atom stereocenters. The summed E-state index contributed by atoms with van der Waals surface area (Å²) in [6.45, 7) is 4.08. The summed E-state index contributed by atoms with van der Waals surface area (Å²) < 4.78 is 32.2. The first-order chi connectivity index (χ1) is 19.4. The van der Waals surface area contributed by atoms with Gasteiger partial charge in [0, 0.05) is 23.9 Å². The largest absolute Gasteiger partial charge is 0.348 e. The van der Waals surface area contributed by atoms with Crippen LogP contribution in [0.15, 0.2) is 76.9 Å². The third kappa shape index (κ3) is 9.49. The second kappa shape index (κ2) is 14.1. The molecule has 0 saturated heterocycles. The predicted molar refractivity (Wildman–Crippen MR) is 152 cm³/mol. The van der Waals surface area contributed by atoms with Gasteiger partial charge in [-0.15, -0.1) is 0 Å². The Morgan fingerprint density at radius 1 is 0.976 bits per heavy atom. The van der Waals surface area contributed by atoms with Gasteiger partial charge >= 0.3 is 0 Å². The molecule has 41 heavy (non-hydrogen) atoms. The minimum absolute atomic E-state index is 0.181. The minimum atomic E-state index is -4.40. The number of nitrogens with zero attached hydrogens (tertiary/aromatic N) is 2. The monoisotopic (exact) mass is 581 g/mol. The number of anilines is 1. The number of hydrazine groups is 1. The summed E-state index contributed by atoms with van der Waals surface area (Å²) in [6, 6.07) is 14.6. The second-order valence-electron chi connectivity index (χ2n) is 9.37. The zero-order valence-corrected chi connectivity index (χ0v) is 23.2. The SMILES string of the molecule is CC(C)C[C@H](N)C(=O)NNC(=O)c1ccc(CNC(=O)c2ccc(NN=Cc3ccccc3S(=O)(=O)O)nc2)cc1. The van der Waals surface area contributed by atoms with E-state index in [2.05, 4.69) is 31.7 Å². The average molecular weight is 582 g/mol. The first kappa shape index (κ1) is 30.9. The molecule has 14 heteroatoms. The van der Waals surface area contributed by atoms with Gasteiger partial charge in [0.2, 0.25) is 0 Å². The van der Waals surface area contributed by atoms with Crippen LogP contribution in [0.25, 0.3) is 0 Å². The molecule has 0 aliphatic rings. The van der Waals surface area contributed by atoms with Gasteiger partial charge in [0.1, 0.15) is 10.7 Å². The number of hydrogen-bond donors (Lipinski definition) is 6. The summed E-state index contributed by atoms with van der Waals surface area (Å²) in [5, 5.41) is 6.68. The fraction of sp³-hybridized carbons (Fsp3) is 0.222. The molecule has 3 amide bonds. The van der Waals surface area contributed by atoms with Crippen molar-refractivity contribution >= 4 is 39.9 Å². The van der Waals surface area contributed by atoms with Gasteiger partial charge < -0.3 is 11.1 Å². The molecule has 2 aromatic carbocycles. The third-order valence-electron chi connectivity index (χ3n) is 5.64. The highest BCUT2D eigenvalue weighted by molar-refractivity contribution is 7.86. The zero-order chi connectivity index (χ0) is 30.0. The quantitative estimate of drug-likeness (QED) is 0.111. The van der Waals surface area contributed by atoms with Gasteiger partial charge in [0.25, 0.3) is 27.8 Å². The van der Waals surface area contributed by atoms with E-state index in [1.807, 2.05) is 13.8 Å². The van der Waals surface area contributed by atoms with Crippen LogP contribution in [-0.2, 0) is 21.5 Å². The molecule has 13 nitrogen and oxygen atoms in total. The highest BCUT2D eigenvalue weighted by Crippen LogP contribution is 2.13. The number of aromatic nitrogens is 1. The van der Waals surface area contributed by atoms with E-state index in [0.29, 0.717) is 23.4 Å². The number of pyridine rings is 1. The Balaban J connectivity index is 1.48. The Morgan fingerprint density at radius 2 is 1.66 bits per heavy atom. The van der Waals surface area contributed by atoms with Gasteiger partial charge in [0.05, 0.1) is 17.8 Å². The van der Waals surface area contributed by atoms with Crippen LogP contribution in [0.4, 0.5) is 5.82 Å². The summed E-state index contributed by atoms with van der Waals surface area (Å²) in [7, 11) is -4.40. The molecule has 0 spiro atoms. The van der Waals surface area contributed by atoms with Crippen molar-refractivity contribution in [2.45, 2.75) is 37.8 Å². The molecule has 0 radical (unpaired) electrons. The van der Waals surface area contributed by atoms with Gasteiger partial charge in [-0.2, -0.15) is 13.5 Å². The lowest BCUT2D eigenvalue weighted by molar-refractivity contribution is -0.123. The lowest BCUT2D eigenvalue weighted by Gasteiger charge is -2.14. The number of hydrazone groups is 1. The van der Waals surface area contributed by atoms with Crippen molar-refractivity contribution in [3.8, 4) is 0 Å². The Labute approximate surface area is 237 Å². The third-order valence-corrected chi connectivity index (χ3v) is 6.56. The van der Waals surface area contributed by atoms with Crippen LogP contribution in [-0.4, -0.2) is 47.9 Å². The van der Waals surface area contributed by atoms with Gasteiger partial charge in [-0.25, -0.2) is 4.98 Å². The van der Waals surface area contributed by atoms with E-state index in [0.717, 1.165) is 5.56 Å². The van der Waals surface area contributed by atoms with E-state index >= 15 is 0 Å². The number of rotatable bonds is 11. The predicted octanol–water partition coefficient (Wildman–Crippen LogP) is 1.84. The maximum absolute atomic E-state index is 12.5. The molecular formula is C27H31N7O6S. The Hall–Kier alpha value is -4.66. The van der Waals surface area contributed by atoms with E-state index in [-0.39, 0.29) is 28.8 Å². The summed E-state index contributed by atoms with van der Waals surface area (Å²) in [4.78, 5) is 40.6. The number of benzene rings is 2. The molecule has 7 N–H and O–H groups in total. The Kier molecular flexibility index (Phi) is 10.6. The van der Waals surface area contributed by atoms with Crippen molar-refractivity contribution in [1.82, 2.24) is 21.2 Å². The van der Waals surface area contributed by atoms with Gasteiger partial charge in [-0.3, -0.25) is 35.2 Å². The van der Waals surface area contributed by atoms with Crippen molar-refractivity contribution in [2.75, 3.05) is 5.43 Å². The van der Waals surface area contributed by atoms with Crippen LogP contribution >= 0.6 is 0 Å². The molecule has 3 aromatic rings. The second-order valence-corrected chi connectivity index (χ2v) is 10.8. The van der Waals surface area contributed by atoms with Gasteiger partial charge in [-0.1, -0.05) is 44.2 Å². The lowest BCUT2D eigenvalue weighted by atomic mass is 10.0. The molecule has 0 aliphatic heterocycles. The molecule has 1 atom stereocenters. The maximum Gasteiger partial charge on any atom is 0.295 e. The molecule has 0 saturated carbocycles. The number of carbonyl (C=O) groups excluding carboxylic acids is 3. The molecular weight excluding hydrogens is 550 g/mol. The number of carbonyl (C=O) groups is 3. The fourth-order valence-corrected chi connectivity index (χ4v) is 4.21. The molecule has 1 aromatic heterocycles. The van der Waals surface area contributed by atoms with E-state index in [1.54, 1.807) is 30.3 Å². The van der Waals surface area contributed by atoms with E-state index in [1.165, 1.54) is 42.7 Å².